The topological polar surface area (TPSA) is 63.5 Å². The summed E-state index contributed by atoms with van der Waals surface area (Å²) in [6, 6.07) is 2.65. The van der Waals surface area contributed by atoms with Crippen LogP contribution in [0.4, 0.5) is 10.1 Å². The average Bonchev–Trinajstić information content (AvgIpc) is 2.50. The van der Waals surface area contributed by atoms with E-state index in [0.29, 0.717) is 25.8 Å². The second-order valence-corrected chi connectivity index (χ2v) is 5.67. The van der Waals surface area contributed by atoms with E-state index in [1.54, 1.807) is 0 Å². The van der Waals surface area contributed by atoms with Crippen LogP contribution in [-0.2, 0) is 17.6 Å². The first kappa shape index (κ1) is 16.4. The number of aryl methyl sites for hydroxylation is 1. The molecule has 0 aromatic heterocycles. The van der Waals surface area contributed by atoms with Crippen LogP contribution in [0.5, 0.6) is 0 Å². The zero-order valence-electron chi connectivity index (χ0n) is 13.0. The summed E-state index contributed by atoms with van der Waals surface area (Å²) in [5, 5.41) is 10.9. The van der Waals surface area contributed by atoms with Gasteiger partial charge in [0.05, 0.1) is 4.92 Å². The first-order valence-corrected chi connectivity index (χ1v) is 7.73. The molecule has 2 rings (SSSR count). The molecular weight excluding hydrogens is 287 g/mol. The smallest absolute Gasteiger partial charge is 0.305 e. The summed E-state index contributed by atoms with van der Waals surface area (Å²) in [5.74, 6) is -0.677. The van der Waals surface area contributed by atoms with E-state index >= 15 is 0 Å². The summed E-state index contributed by atoms with van der Waals surface area (Å²) in [4.78, 5) is 24.2. The molecule has 0 fully saturated rings. The second kappa shape index (κ2) is 6.85. The highest BCUT2D eigenvalue weighted by molar-refractivity contribution is 5.76. The molecule has 5 nitrogen and oxygen atoms in total. The number of hydrogen-bond acceptors (Lipinski definition) is 3. The summed E-state index contributed by atoms with van der Waals surface area (Å²) in [6.45, 7) is 4.55. The Balaban J connectivity index is 2.27. The van der Waals surface area contributed by atoms with Crippen molar-refractivity contribution in [2.45, 2.75) is 52.0 Å². The lowest BCUT2D eigenvalue weighted by molar-refractivity contribution is -0.387. The van der Waals surface area contributed by atoms with E-state index in [0.717, 1.165) is 24.0 Å². The molecule has 1 unspecified atom stereocenters. The first-order chi connectivity index (χ1) is 10.5. The van der Waals surface area contributed by atoms with Crippen LogP contribution < -0.4 is 0 Å². The molecule has 6 heteroatoms. The predicted octanol–water partition coefficient (Wildman–Crippen LogP) is 3.24. The fraction of sp³-hybridized carbons (Fsp3) is 0.562. The van der Waals surface area contributed by atoms with Crippen molar-refractivity contribution >= 4 is 11.6 Å². The van der Waals surface area contributed by atoms with Gasteiger partial charge in [0, 0.05) is 25.1 Å². The summed E-state index contributed by atoms with van der Waals surface area (Å²) in [5.41, 5.74) is 1.12. The molecule has 1 aromatic carbocycles. The van der Waals surface area contributed by atoms with Gasteiger partial charge in [0.2, 0.25) is 11.7 Å². The Kier molecular flexibility index (Phi) is 5.11. The van der Waals surface area contributed by atoms with Crippen LogP contribution in [0.1, 0.15) is 44.2 Å². The molecule has 22 heavy (non-hydrogen) atoms. The molecule has 1 atom stereocenters. The van der Waals surface area contributed by atoms with Crippen molar-refractivity contribution in [3.63, 3.8) is 0 Å². The van der Waals surface area contributed by atoms with Gasteiger partial charge in [0.25, 0.3) is 0 Å². The number of fused-ring (bicyclic) bond motifs is 1. The third kappa shape index (κ3) is 3.26. The Morgan fingerprint density at radius 2 is 2.14 bits per heavy atom. The van der Waals surface area contributed by atoms with Gasteiger partial charge in [0.1, 0.15) is 0 Å². The normalized spacial score (nSPS) is 17.0. The van der Waals surface area contributed by atoms with Crippen LogP contribution in [0.15, 0.2) is 12.1 Å². The maximum atomic E-state index is 13.7. The van der Waals surface area contributed by atoms with Crippen molar-refractivity contribution in [3.05, 3.63) is 39.2 Å². The molecule has 1 aliphatic rings. The van der Waals surface area contributed by atoms with E-state index in [4.69, 9.17) is 0 Å². The van der Waals surface area contributed by atoms with E-state index in [9.17, 15) is 19.3 Å². The number of nitro groups is 1. The minimum atomic E-state index is -0.780. The quantitative estimate of drug-likeness (QED) is 0.619. The third-order valence-electron chi connectivity index (χ3n) is 4.20. The molecule has 0 heterocycles. The number of amides is 1. The van der Waals surface area contributed by atoms with Crippen molar-refractivity contribution in [1.82, 2.24) is 4.90 Å². The zero-order valence-corrected chi connectivity index (χ0v) is 13.0. The molecule has 1 aromatic rings. The maximum absolute atomic E-state index is 13.7. The Bertz CT molecular complexity index is 589. The van der Waals surface area contributed by atoms with Crippen molar-refractivity contribution in [3.8, 4) is 0 Å². The largest absolute Gasteiger partial charge is 0.339 e. The molecule has 0 N–H and O–H groups in total. The second-order valence-electron chi connectivity index (χ2n) is 5.67. The van der Waals surface area contributed by atoms with E-state index < -0.39 is 16.4 Å². The van der Waals surface area contributed by atoms with E-state index in [-0.39, 0.29) is 11.9 Å². The number of hydrogen-bond donors (Lipinski definition) is 0. The van der Waals surface area contributed by atoms with Crippen LogP contribution in [0.25, 0.3) is 0 Å². The highest BCUT2D eigenvalue weighted by Gasteiger charge is 2.29. The van der Waals surface area contributed by atoms with Gasteiger partial charge in [-0.1, -0.05) is 13.8 Å². The Morgan fingerprint density at radius 1 is 1.41 bits per heavy atom. The Morgan fingerprint density at radius 3 is 2.73 bits per heavy atom. The van der Waals surface area contributed by atoms with Crippen molar-refractivity contribution < 1.29 is 14.1 Å². The van der Waals surface area contributed by atoms with Crippen LogP contribution in [0.3, 0.4) is 0 Å². The van der Waals surface area contributed by atoms with Gasteiger partial charge in [-0.25, -0.2) is 0 Å². The molecule has 0 spiro atoms. The highest BCUT2D eigenvalue weighted by Crippen LogP contribution is 2.30. The zero-order chi connectivity index (χ0) is 16.3. The number of rotatable bonds is 5. The van der Waals surface area contributed by atoms with Crippen LogP contribution in [0.2, 0.25) is 0 Å². The molecule has 120 valence electrons. The standard InChI is InChI=1S/C16H21FN2O3/c1-3-7-18(16(20)4-2)13-6-5-11-9-14(17)15(19(21)22)10-12(11)8-13/h9-10,13H,3-8H2,1-2H3. The van der Waals surface area contributed by atoms with Gasteiger partial charge < -0.3 is 4.90 Å². The molecule has 1 aliphatic carbocycles. The van der Waals surface area contributed by atoms with Crippen molar-refractivity contribution in [2.75, 3.05) is 6.54 Å². The fourth-order valence-corrected chi connectivity index (χ4v) is 3.11. The van der Waals surface area contributed by atoms with Crippen LogP contribution in [0, 0.1) is 15.9 Å². The molecule has 0 saturated heterocycles. The lowest BCUT2D eigenvalue weighted by atomic mass is 9.86. The number of nitro benzene ring substituents is 1. The van der Waals surface area contributed by atoms with Gasteiger partial charge in [0.15, 0.2) is 0 Å². The molecule has 0 radical (unpaired) electrons. The van der Waals surface area contributed by atoms with Gasteiger partial charge >= 0.3 is 5.69 Å². The van der Waals surface area contributed by atoms with Gasteiger partial charge in [-0.2, -0.15) is 4.39 Å². The SMILES string of the molecule is CCCN(C(=O)CC)C1CCc2cc(F)c([N+](=O)[O-])cc2C1. The number of benzene rings is 1. The predicted molar refractivity (Wildman–Crippen MR) is 81.2 cm³/mol. The summed E-state index contributed by atoms with van der Waals surface area (Å²) >= 11 is 0. The number of carbonyl (C=O) groups excluding carboxylic acids is 1. The molecular formula is C16H21FN2O3. The van der Waals surface area contributed by atoms with Crippen LogP contribution in [-0.4, -0.2) is 28.3 Å². The Labute approximate surface area is 129 Å². The summed E-state index contributed by atoms with van der Waals surface area (Å²) in [6.07, 6.45) is 3.30. The molecule has 1 amide bonds. The maximum Gasteiger partial charge on any atom is 0.305 e. The van der Waals surface area contributed by atoms with Crippen molar-refractivity contribution in [2.24, 2.45) is 0 Å². The van der Waals surface area contributed by atoms with Crippen LogP contribution >= 0.6 is 0 Å². The van der Waals surface area contributed by atoms with Crippen molar-refractivity contribution in [1.29, 1.82) is 0 Å². The number of nitrogens with zero attached hydrogens (tertiary/aromatic N) is 2. The van der Waals surface area contributed by atoms with Gasteiger partial charge in [-0.3, -0.25) is 14.9 Å². The van der Waals surface area contributed by atoms with E-state index in [1.807, 2.05) is 18.7 Å². The van der Waals surface area contributed by atoms with Gasteiger partial charge in [-0.15, -0.1) is 0 Å². The first-order valence-electron chi connectivity index (χ1n) is 7.73. The highest BCUT2D eigenvalue weighted by atomic mass is 19.1. The van der Waals surface area contributed by atoms with E-state index in [1.165, 1.54) is 12.1 Å². The third-order valence-corrected chi connectivity index (χ3v) is 4.20. The minimum Gasteiger partial charge on any atom is -0.339 e. The summed E-state index contributed by atoms with van der Waals surface area (Å²) in [7, 11) is 0. The molecule has 0 saturated carbocycles. The average molecular weight is 308 g/mol. The number of halogens is 1. The van der Waals surface area contributed by atoms with E-state index in [2.05, 4.69) is 0 Å². The molecule has 0 bridgehead atoms. The monoisotopic (exact) mass is 308 g/mol. The lowest BCUT2D eigenvalue weighted by Crippen LogP contribution is -2.43. The lowest BCUT2D eigenvalue weighted by Gasteiger charge is -2.35. The summed E-state index contributed by atoms with van der Waals surface area (Å²) < 4.78 is 13.7. The van der Waals surface area contributed by atoms with Gasteiger partial charge in [-0.05, 0) is 42.9 Å². The molecule has 0 aliphatic heterocycles. The fourth-order valence-electron chi connectivity index (χ4n) is 3.11. The number of carbonyl (C=O) groups is 1. The minimum absolute atomic E-state index is 0.0463. The Hall–Kier alpha value is -1.98.